The van der Waals surface area contributed by atoms with Crippen LogP contribution in [0.4, 0.5) is 0 Å². The molecule has 33 heavy (non-hydrogen) atoms. The number of imidazole rings is 1. The van der Waals surface area contributed by atoms with Gasteiger partial charge in [0.15, 0.2) is 5.65 Å². The Hall–Kier alpha value is -1.93. The molecule has 1 fully saturated rings. The first-order valence-corrected chi connectivity index (χ1v) is 13.0. The number of rotatable bonds is 13. The number of aromatic amines is 1. The summed E-state index contributed by atoms with van der Waals surface area (Å²) in [5.74, 6) is 0. The zero-order valence-corrected chi connectivity index (χ0v) is 21.4. The van der Waals surface area contributed by atoms with E-state index < -0.39 is 0 Å². The quantitative estimate of drug-likeness (QED) is 0.457. The van der Waals surface area contributed by atoms with Crippen LogP contribution in [0.25, 0.3) is 11.2 Å². The van der Waals surface area contributed by atoms with Crippen molar-refractivity contribution in [3.63, 3.8) is 0 Å². The van der Waals surface area contributed by atoms with E-state index in [9.17, 15) is 9.59 Å². The molecule has 1 aliphatic heterocycles. The summed E-state index contributed by atoms with van der Waals surface area (Å²) in [5.41, 5.74) is 0.0119. The van der Waals surface area contributed by atoms with Gasteiger partial charge >= 0.3 is 5.69 Å². The molecule has 2 aromatic rings. The molecule has 0 aromatic carbocycles. The molecule has 0 saturated carbocycles. The van der Waals surface area contributed by atoms with Crippen molar-refractivity contribution in [1.82, 2.24) is 28.9 Å². The van der Waals surface area contributed by atoms with E-state index in [2.05, 4.69) is 33.7 Å². The van der Waals surface area contributed by atoms with Crippen LogP contribution in [0.15, 0.2) is 15.9 Å². The highest BCUT2D eigenvalue weighted by atomic mass is 16.2. The van der Waals surface area contributed by atoms with Crippen molar-refractivity contribution < 1.29 is 0 Å². The lowest BCUT2D eigenvalue weighted by atomic mass is 10.1. The summed E-state index contributed by atoms with van der Waals surface area (Å²) >= 11 is 0. The predicted octanol–water partition coefficient (Wildman–Crippen LogP) is 3.85. The molecule has 0 spiro atoms. The number of H-pyrrole nitrogens is 1. The lowest BCUT2D eigenvalue weighted by Gasteiger charge is -2.14. The molecule has 0 bridgehead atoms. The Kier molecular flexibility index (Phi) is 12.5. The van der Waals surface area contributed by atoms with Crippen molar-refractivity contribution in [1.29, 1.82) is 0 Å². The van der Waals surface area contributed by atoms with Gasteiger partial charge in [-0.15, -0.1) is 0 Å². The second-order valence-corrected chi connectivity index (χ2v) is 9.54. The minimum atomic E-state index is -0.371. The molecule has 0 radical (unpaired) electrons. The van der Waals surface area contributed by atoms with Gasteiger partial charge in [-0.05, 0) is 20.0 Å². The normalized spacial score (nSPS) is 14.7. The Morgan fingerprint density at radius 2 is 1.39 bits per heavy atom. The van der Waals surface area contributed by atoms with Crippen LogP contribution in [0.5, 0.6) is 0 Å². The maximum Gasteiger partial charge on any atom is 0.332 e. The van der Waals surface area contributed by atoms with Gasteiger partial charge in [-0.25, -0.2) is 9.78 Å². The molecule has 188 valence electrons. The van der Waals surface area contributed by atoms with Gasteiger partial charge in [-0.1, -0.05) is 77.6 Å². The standard InChI is InChI=1S/C18H38N2.C7H8N4O2/c1-3-4-5-6-7-8-9-10-11-12-13-14-15-20-17-16-19(2)18-20;1-10-5-4(8-3-9-5)6(12)11(2)7(10)13/h3-18H2,1-2H3;3H,1-2H3,(H,8,9). The van der Waals surface area contributed by atoms with Crippen molar-refractivity contribution in [2.75, 3.05) is 33.4 Å². The largest absolute Gasteiger partial charge is 0.339 e. The van der Waals surface area contributed by atoms with Crippen LogP contribution >= 0.6 is 0 Å². The smallest absolute Gasteiger partial charge is 0.332 e. The first-order chi connectivity index (χ1) is 16.0. The van der Waals surface area contributed by atoms with Gasteiger partial charge in [0.25, 0.3) is 5.56 Å². The fourth-order valence-corrected chi connectivity index (χ4v) is 4.42. The Balaban J connectivity index is 0.000000254. The summed E-state index contributed by atoms with van der Waals surface area (Å²) in [6.45, 7) is 7.36. The molecule has 1 N–H and O–H groups in total. The van der Waals surface area contributed by atoms with Crippen LogP contribution in [0.2, 0.25) is 0 Å². The number of hydrogen-bond donors (Lipinski definition) is 1. The molecule has 0 atom stereocenters. The van der Waals surface area contributed by atoms with Gasteiger partial charge in [-0.3, -0.25) is 23.7 Å². The minimum Gasteiger partial charge on any atom is -0.339 e. The van der Waals surface area contributed by atoms with E-state index in [1.165, 1.54) is 121 Å². The second-order valence-electron chi connectivity index (χ2n) is 9.54. The molecule has 1 saturated heterocycles. The first kappa shape index (κ1) is 27.3. The molecule has 0 aliphatic carbocycles. The number of aromatic nitrogens is 4. The van der Waals surface area contributed by atoms with Crippen LogP contribution < -0.4 is 11.2 Å². The number of nitrogens with one attached hydrogen (secondary N) is 1. The van der Waals surface area contributed by atoms with Gasteiger partial charge in [-0.2, -0.15) is 0 Å². The number of fused-ring (bicyclic) bond motifs is 1. The number of likely N-dealkylation sites (N-methyl/N-ethyl adjacent to an activating group) is 1. The Bertz CT molecular complexity index is 916. The van der Waals surface area contributed by atoms with Crippen LogP contribution in [0, 0.1) is 0 Å². The monoisotopic (exact) mass is 462 g/mol. The van der Waals surface area contributed by atoms with E-state index in [4.69, 9.17) is 0 Å². The third-order valence-corrected chi connectivity index (χ3v) is 6.60. The van der Waals surface area contributed by atoms with Crippen LogP contribution in [-0.4, -0.2) is 62.3 Å². The van der Waals surface area contributed by atoms with Gasteiger partial charge in [0.05, 0.1) is 13.0 Å². The number of nitrogens with zero attached hydrogens (tertiary/aromatic N) is 5. The summed E-state index contributed by atoms with van der Waals surface area (Å²) in [7, 11) is 5.23. The fourth-order valence-electron chi connectivity index (χ4n) is 4.42. The first-order valence-electron chi connectivity index (χ1n) is 13.0. The summed E-state index contributed by atoms with van der Waals surface area (Å²) in [6, 6.07) is 0. The van der Waals surface area contributed by atoms with Crippen molar-refractivity contribution in [2.45, 2.75) is 84.0 Å². The molecule has 3 rings (SSSR count). The second kappa shape index (κ2) is 15.1. The summed E-state index contributed by atoms with van der Waals surface area (Å²) in [5, 5.41) is 0. The summed E-state index contributed by atoms with van der Waals surface area (Å²) in [4.78, 5) is 34.4. The van der Waals surface area contributed by atoms with E-state index in [0.29, 0.717) is 11.2 Å². The van der Waals surface area contributed by atoms with Crippen LogP contribution in [0.3, 0.4) is 0 Å². The SMILES string of the molecule is CCCCCCCCCCCCCCN1CCN(C)C1.Cn1c(=O)c2[nH]cnc2n(C)c1=O. The van der Waals surface area contributed by atoms with E-state index in [1.807, 2.05) is 0 Å². The minimum absolute atomic E-state index is 0.351. The van der Waals surface area contributed by atoms with Gasteiger partial charge in [0.1, 0.15) is 5.52 Å². The topological polar surface area (TPSA) is 79.2 Å². The summed E-state index contributed by atoms with van der Waals surface area (Å²) < 4.78 is 2.37. The summed E-state index contributed by atoms with van der Waals surface area (Å²) in [6.07, 6.45) is 18.8. The lowest BCUT2D eigenvalue weighted by molar-refractivity contribution is 0.269. The highest BCUT2D eigenvalue weighted by molar-refractivity contribution is 5.68. The van der Waals surface area contributed by atoms with Crippen molar-refractivity contribution in [3.8, 4) is 0 Å². The maximum atomic E-state index is 11.4. The third kappa shape index (κ3) is 9.08. The van der Waals surface area contributed by atoms with E-state index >= 15 is 0 Å². The average molecular weight is 463 g/mol. The Morgan fingerprint density at radius 1 is 0.818 bits per heavy atom. The Labute approximate surface area is 199 Å². The average Bonchev–Trinajstić information content (AvgIpc) is 3.47. The number of hydrogen-bond acceptors (Lipinski definition) is 5. The predicted molar refractivity (Wildman–Crippen MR) is 137 cm³/mol. The zero-order valence-electron chi connectivity index (χ0n) is 21.4. The van der Waals surface area contributed by atoms with Gasteiger partial charge < -0.3 is 4.98 Å². The molecular formula is C25H46N6O2. The molecule has 0 amide bonds. The molecule has 1 aliphatic rings. The highest BCUT2D eigenvalue weighted by Gasteiger charge is 2.14. The lowest BCUT2D eigenvalue weighted by Crippen LogP contribution is -2.36. The molecule has 8 nitrogen and oxygen atoms in total. The van der Waals surface area contributed by atoms with Gasteiger partial charge in [0, 0.05) is 27.2 Å². The third-order valence-electron chi connectivity index (χ3n) is 6.60. The van der Waals surface area contributed by atoms with Gasteiger partial charge in [0.2, 0.25) is 0 Å². The molecule has 3 heterocycles. The van der Waals surface area contributed by atoms with E-state index in [0.717, 1.165) is 4.57 Å². The molecular weight excluding hydrogens is 416 g/mol. The van der Waals surface area contributed by atoms with E-state index in [-0.39, 0.29) is 11.2 Å². The number of unbranched alkanes of at least 4 members (excludes halogenated alkanes) is 11. The number of aryl methyl sites for hydroxylation is 1. The van der Waals surface area contributed by atoms with Crippen molar-refractivity contribution >= 4 is 11.2 Å². The van der Waals surface area contributed by atoms with E-state index in [1.54, 1.807) is 7.05 Å². The van der Waals surface area contributed by atoms with Crippen molar-refractivity contribution in [2.24, 2.45) is 14.1 Å². The highest BCUT2D eigenvalue weighted by Crippen LogP contribution is 2.12. The Morgan fingerprint density at radius 3 is 1.94 bits per heavy atom. The molecule has 8 heteroatoms. The van der Waals surface area contributed by atoms with Crippen LogP contribution in [0.1, 0.15) is 84.0 Å². The van der Waals surface area contributed by atoms with Crippen LogP contribution in [-0.2, 0) is 14.1 Å². The molecule has 0 unspecified atom stereocenters. The zero-order chi connectivity index (χ0) is 24.1. The fraction of sp³-hybridized carbons (Fsp3) is 0.800. The maximum absolute atomic E-state index is 11.4. The van der Waals surface area contributed by atoms with Crippen molar-refractivity contribution in [3.05, 3.63) is 27.2 Å². The molecule has 2 aromatic heterocycles.